The lowest BCUT2D eigenvalue weighted by molar-refractivity contribution is 0.152. The van der Waals surface area contributed by atoms with Crippen LogP contribution in [-0.4, -0.2) is 63.3 Å². The third kappa shape index (κ3) is 9.19. The number of ether oxygens (including phenoxy) is 1. The molecule has 26 heavy (non-hydrogen) atoms. The average molecular weight is 474 g/mol. The lowest BCUT2D eigenvalue weighted by Crippen LogP contribution is -2.39. The summed E-state index contributed by atoms with van der Waals surface area (Å²) < 4.78 is 5.37. The molecule has 148 valence electrons. The Labute approximate surface area is 176 Å². The molecule has 1 unspecified atom stereocenters. The molecule has 1 aliphatic heterocycles. The number of guanidine groups is 1. The van der Waals surface area contributed by atoms with Gasteiger partial charge in [0, 0.05) is 39.3 Å². The molecule has 1 fully saturated rings. The van der Waals surface area contributed by atoms with Crippen molar-refractivity contribution in [1.82, 2.24) is 15.5 Å². The molecule has 0 saturated carbocycles. The molecular weight excluding hydrogens is 439 g/mol. The molecule has 0 radical (unpaired) electrons. The Hall–Kier alpha value is -0.860. The van der Waals surface area contributed by atoms with Gasteiger partial charge < -0.3 is 20.3 Å². The van der Waals surface area contributed by atoms with Crippen LogP contribution in [0.4, 0.5) is 0 Å². The Balaban J connectivity index is 0.00000338. The zero-order chi connectivity index (χ0) is 17.7. The van der Waals surface area contributed by atoms with E-state index in [0.717, 1.165) is 58.3 Å². The monoisotopic (exact) mass is 474 g/mol. The van der Waals surface area contributed by atoms with Gasteiger partial charge in [0.1, 0.15) is 0 Å². The van der Waals surface area contributed by atoms with Gasteiger partial charge in [-0.05, 0) is 44.7 Å². The summed E-state index contributed by atoms with van der Waals surface area (Å²) in [6.45, 7) is 11.7. The van der Waals surface area contributed by atoms with E-state index in [9.17, 15) is 0 Å². The minimum Gasteiger partial charge on any atom is -0.380 e. The van der Waals surface area contributed by atoms with Crippen LogP contribution in [-0.2, 0) is 11.2 Å². The topological polar surface area (TPSA) is 48.9 Å². The number of likely N-dealkylation sites (tertiary alicyclic amines) is 1. The van der Waals surface area contributed by atoms with Gasteiger partial charge in [-0.1, -0.05) is 30.3 Å². The molecule has 2 rings (SSSR count). The molecule has 1 aliphatic rings. The number of benzene rings is 1. The highest BCUT2D eigenvalue weighted by molar-refractivity contribution is 14.0. The van der Waals surface area contributed by atoms with Crippen LogP contribution in [0.25, 0.3) is 0 Å². The van der Waals surface area contributed by atoms with E-state index in [1.54, 1.807) is 0 Å². The Morgan fingerprint density at radius 2 is 2.04 bits per heavy atom. The first-order valence-corrected chi connectivity index (χ1v) is 9.68. The fourth-order valence-electron chi connectivity index (χ4n) is 3.14. The molecule has 1 aromatic carbocycles. The summed E-state index contributed by atoms with van der Waals surface area (Å²) in [5.41, 5.74) is 1.43. The average Bonchev–Trinajstić information content (AvgIpc) is 3.10. The second-order valence-electron chi connectivity index (χ2n) is 6.53. The lowest BCUT2D eigenvalue weighted by atomic mass is 10.1. The summed E-state index contributed by atoms with van der Waals surface area (Å²) in [4.78, 5) is 7.33. The number of hydrogen-bond acceptors (Lipinski definition) is 3. The van der Waals surface area contributed by atoms with Gasteiger partial charge in [-0.15, -0.1) is 24.0 Å². The summed E-state index contributed by atoms with van der Waals surface area (Å²) >= 11 is 0. The molecular formula is C20H35IN4O. The summed E-state index contributed by atoms with van der Waals surface area (Å²) in [5, 5.41) is 6.65. The van der Waals surface area contributed by atoms with Crippen molar-refractivity contribution in [3.05, 3.63) is 35.9 Å². The van der Waals surface area contributed by atoms with Gasteiger partial charge in [0.2, 0.25) is 0 Å². The van der Waals surface area contributed by atoms with E-state index >= 15 is 0 Å². The summed E-state index contributed by atoms with van der Waals surface area (Å²) in [6, 6.07) is 10.8. The highest BCUT2D eigenvalue weighted by Gasteiger charge is 2.21. The van der Waals surface area contributed by atoms with Crippen LogP contribution in [0.15, 0.2) is 35.3 Å². The van der Waals surface area contributed by atoms with Gasteiger partial charge >= 0.3 is 0 Å². The van der Waals surface area contributed by atoms with Crippen molar-refractivity contribution < 1.29 is 4.74 Å². The molecule has 1 aromatic rings. The van der Waals surface area contributed by atoms with E-state index in [1.165, 1.54) is 18.5 Å². The summed E-state index contributed by atoms with van der Waals surface area (Å²) in [5.74, 6) is 1.57. The minimum atomic E-state index is 0. The molecule has 1 saturated heterocycles. The Morgan fingerprint density at radius 3 is 2.77 bits per heavy atom. The second kappa shape index (κ2) is 14.2. The van der Waals surface area contributed by atoms with Crippen LogP contribution in [0.3, 0.4) is 0 Å². The largest absolute Gasteiger partial charge is 0.380 e. The molecule has 0 aromatic heterocycles. The fraction of sp³-hybridized carbons (Fsp3) is 0.650. The molecule has 1 atom stereocenters. The van der Waals surface area contributed by atoms with Crippen molar-refractivity contribution >= 4 is 29.9 Å². The molecule has 5 nitrogen and oxygen atoms in total. The van der Waals surface area contributed by atoms with Crippen LogP contribution in [0.1, 0.15) is 25.8 Å². The molecule has 2 N–H and O–H groups in total. The Bertz CT molecular complexity index is 498. The molecule has 0 bridgehead atoms. The molecule has 1 heterocycles. The first kappa shape index (κ1) is 23.2. The van der Waals surface area contributed by atoms with E-state index in [4.69, 9.17) is 9.73 Å². The first-order chi connectivity index (χ1) is 12.3. The maximum Gasteiger partial charge on any atom is 0.191 e. The number of nitrogens with zero attached hydrogens (tertiary/aromatic N) is 2. The SMILES string of the molecule is CCNC(=NCC1CCN(CCc2ccccc2)C1)NCCOCC.I. The van der Waals surface area contributed by atoms with Crippen molar-refractivity contribution in [1.29, 1.82) is 0 Å². The highest BCUT2D eigenvalue weighted by atomic mass is 127. The first-order valence-electron chi connectivity index (χ1n) is 9.68. The maximum atomic E-state index is 5.37. The predicted molar refractivity (Wildman–Crippen MR) is 121 cm³/mol. The second-order valence-corrected chi connectivity index (χ2v) is 6.53. The highest BCUT2D eigenvalue weighted by Crippen LogP contribution is 2.17. The standard InChI is InChI=1S/C20H34N4O.HI/c1-3-21-20(22-12-15-25-4-2)23-16-19-11-14-24(17-19)13-10-18-8-6-5-7-9-18;/h5-9,19H,3-4,10-17H2,1-2H3,(H2,21,22,23);1H. The van der Waals surface area contributed by atoms with Gasteiger partial charge in [0.15, 0.2) is 5.96 Å². The van der Waals surface area contributed by atoms with E-state index in [1.807, 2.05) is 6.92 Å². The van der Waals surface area contributed by atoms with Crippen LogP contribution < -0.4 is 10.6 Å². The maximum absolute atomic E-state index is 5.37. The minimum absolute atomic E-state index is 0. The third-order valence-electron chi connectivity index (χ3n) is 4.52. The quantitative estimate of drug-likeness (QED) is 0.237. The molecule has 6 heteroatoms. The fourth-order valence-corrected chi connectivity index (χ4v) is 3.14. The van der Waals surface area contributed by atoms with Crippen LogP contribution in [0.2, 0.25) is 0 Å². The van der Waals surface area contributed by atoms with Crippen LogP contribution in [0.5, 0.6) is 0 Å². The van der Waals surface area contributed by atoms with Crippen molar-refractivity contribution in [3.8, 4) is 0 Å². The summed E-state index contributed by atoms with van der Waals surface area (Å²) in [7, 11) is 0. The molecule has 0 spiro atoms. The van der Waals surface area contributed by atoms with Gasteiger partial charge in [-0.3, -0.25) is 4.99 Å². The molecule has 0 aliphatic carbocycles. The van der Waals surface area contributed by atoms with Crippen LogP contribution >= 0.6 is 24.0 Å². The number of rotatable bonds is 10. The lowest BCUT2D eigenvalue weighted by Gasteiger charge is -2.16. The zero-order valence-electron chi connectivity index (χ0n) is 16.2. The van der Waals surface area contributed by atoms with Crippen molar-refractivity contribution in [3.63, 3.8) is 0 Å². The number of halogens is 1. The van der Waals surface area contributed by atoms with Gasteiger partial charge in [0.25, 0.3) is 0 Å². The van der Waals surface area contributed by atoms with Gasteiger partial charge in [0.05, 0.1) is 6.61 Å². The zero-order valence-corrected chi connectivity index (χ0v) is 18.6. The number of aliphatic imine (C=N–C) groups is 1. The van der Waals surface area contributed by atoms with E-state index in [-0.39, 0.29) is 24.0 Å². The van der Waals surface area contributed by atoms with E-state index in [0.29, 0.717) is 5.92 Å². The van der Waals surface area contributed by atoms with Crippen molar-refractivity contribution in [2.75, 3.05) is 52.5 Å². The van der Waals surface area contributed by atoms with E-state index < -0.39 is 0 Å². The van der Waals surface area contributed by atoms with Crippen molar-refractivity contribution in [2.45, 2.75) is 26.7 Å². The van der Waals surface area contributed by atoms with Gasteiger partial charge in [-0.2, -0.15) is 0 Å². The number of nitrogens with one attached hydrogen (secondary N) is 2. The Morgan fingerprint density at radius 1 is 1.23 bits per heavy atom. The number of hydrogen-bond donors (Lipinski definition) is 2. The van der Waals surface area contributed by atoms with Gasteiger partial charge in [-0.25, -0.2) is 0 Å². The third-order valence-corrected chi connectivity index (χ3v) is 4.52. The summed E-state index contributed by atoms with van der Waals surface area (Å²) in [6.07, 6.45) is 2.38. The molecule has 0 amide bonds. The Kier molecular flexibility index (Phi) is 12.7. The normalized spacial score (nSPS) is 17.8. The predicted octanol–water partition coefficient (Wildman–Crippen LogP) is 2.76. The smallest absolute Gasteiger partial charge is 0.191 e. The van der Waals surface area contributed by atoms with E-state index in [2.05, 4.69) is 52.8 Å². The van der Waals surface area contributed by atoms with Crippen LogP contribution in [0, 0.1) is 5.92 Å². The van der Waals surface area contributed by atoms with Crippen molar-refractivity contribution in [2.24, 2.45) is 10.9 Å².